The summed E-state index contributed by atoms with van der Waals surface area (Å²) in [5.74, 6) is 2.42. The largest absolute Gasteiger partial charge is 0.551 e. The number of nitrogens with zero attached hydrogens (tertiary/aromatic N) is 1. The van der Waals surface area contributed by atoms with Gasteiger partial charge in [0.2, 0.25) is 0 Å². The minimum Gasteiger partial charge on any atom is -0.551 e. The van der Waals surface area contributed by atoms with Crippen molar-refractivity contribution in [3.63, 3.8) is 0 Å². The van der Waals surface area contributed by atoms with Crippen molar-refractivity contribution in [2.45, 2.75) is 0 Å². The third kappa shape index (κ3) is 4.31. The van der Waals surface area contributed by atoms with E-state index in [1.807, 2.05) is 18.2 Å². The van der Waals surface area contributed by atoms with Crippen LogP contribution >= 0.6 is 0 Å². The van der Waals surface area contributed by atoms with Gasteiger partial charge in [0.25, 0.3) is 0 Å². The number of hydrogen-bond acceptors (Lipinski definition) is 4. The number of para-hydroxylation sites is 6. The number of hydrogen-bond donors (Lipinski definition) is 0. The summed E-state index contributed by atoms with van der Waals surface area (Å²) in [7, 11) is 0. The first-order chi connectivity index (χ1) is 29.7. The molecule has 278 valence electrons. The predicted octanol–water partition coefficient (Wildman–Crippen LogP) is 13.2. The zero-order valence-electron chi connectivity index (χ0n) is 32.0. The lowest BCUT2D eigenvalue weighted by Gasteiger charge is -2.33. The average Bonchev–Trinajstić information content (AvgIpc) is 3.98. The van der Waals surface area contributed by atoms with Crippen molar-refractivity contribution in [3.8, 4) is 56.3 Å². The van der Waals surface area contributed by atoms with E-state index < -0.39 is 0 Å². The van der Waals surface area contributed by atoms with Crippen LogP contribution in [0.3, 0.4) is 0 Å². The van der Waals surface area contributed by atoms with Crippen LogP contribution in [0.4, 0.5) is 0 Å². The lowest BCUT2D eigenvalue weighted by molar-refractivity contribution is 0.479. The second-order valence-electron chi connectivity index (χ2n) is 15.9. The first-order valence-corrected chi connectivity index (χ1v) is 20.3. The van der Waals surface area contributed by atoms with Gasteiger partial charge in [0.1, 0.15) is 39.6 Å². The zero-order valence-corrected chi connectivity index (χ0v) is 32.0. The Labute approximate surface area is 343 Å². The van der Waals surface area contributed by atoms with Crippen molar-refractivity contribution in [1.82, 2.24) is 4.57 Å². The van der Waals surface area contributed by atoms with Crippen molar-refractivity contribution >= 4 is 83.5 Å². The Morgan fingerprint density at radius 2 is 1.10 bits per heavy atom. The van der Waals surface area contributed by atoms with Crippen LogP contribution in [0.15, 0.2) is 191 Å². The predicted molar refractivity (Wildman–Crippen MR) is 244 cm³/mol. The van der Waals surface area contributed by atoms with Crippen LogP contribution in [0.2, 0.25) is 0 Å². The smallest absolute Gasteiger partial charge is 0.434 e. The van der Waals surface area contributed by atoms with Gasteiger partial charge >= 0.3 is 6.92 Å². The normalized spacial score (nSPS) is 12.9. The van der Waals surface area contributed by atoms with E-state index in [2.05, 4.69) is 168 Å². The van der Waals surface area contributed by atoms with Crippen molar-refractivity contribution in [2.24, 2.45) is 0 Å². The van der Waals surface area contributed by atoms with Crippen LogP contribution < -0.4 is 20.3 Å². The fraction of sp³-hybridized carbons (Fsp3) is 0. The zero-order chi connectivity index (χ0) is 39.1. The van der Waals surface area contributed by atoms with Gasteiger partial charge in [-0.3, -0.25) is 0 Å². The third-order valence-corrected chi connectivity index (χ3v) is 12.7. The van der Waals surface area contributed by atoms with Crippen LogP contribution in [-0.4, -0.2) is 11.5 Å². The van der Waals surface area contributed by atoms with E-state index in [0.717, 1.165) is 111 Å². The van der Waals surface area contributed by atoms with Crippen LogP contribution in [0.5, 0.6) is 17.2 Å². The number of furan rings is 2. The fourth-order valence-electron chi connectivity index (χ4n) is 10.1. The fourth-order valence-corrected chi connectivity index (χ4v) is 10.1. The summed E-state index contributed by atoms with van der Waals surface area (Å²) in [5.41, 5.74) is 15.2. The summed E-state index contributed by atoms with van der Waals surface area (Å²) in [6, 6.07) is 64.0. The summed E-state index contributed by atoms with van der Waals surface area (Å²) in [6.07, 6.45) is 0. The average molecular weight is 768 g/mol. The Bertz CT molecular complexity index is 3760. The first-order valence-electron chi connectivity index (χ1n) is 20.3. The Kier molecular flexibility index (Phi) is 6.31. The maximum Gasteiger partial charge on any atom is 0.434 e. The number of fused-ring (bicyclic) bond motifs is 14. The molecule has 0 N–H and O–H groups in total. The van der Waals surface area contributed by atoms with Gasteiger partial charge in [0, 0.05) is 54.5 Å². The van der Waals surface area contributed by atoms with Crippen molar-refractivity contribution in [2.75, 3.05) is 0 Å². The van der Waals surface area contributed by atoms with Gasteiger partial charge in [0.15, 0.2) is 0 Å². The third-order valence-electron chi connectivity index (χ3n) is 12.7. The molecule has 3 aromatic heterocycles. The molecule has 12 aromatic rings. The van der Waals surface area contributed by atoms with E-state index in [4.69, 9.17) is 18.2 Å². The Balaban J connectivity index is 0.938. The number of ether oxygens (including phenoxy) is 1. The van der Waals surface area contributed by atoms with Crippen molar-refractivity contribution < 1.29 is 18.2 Å². The van der Waals surface area contributed by atoms with Crippen LogP contribution in [-0.2, 0) is 0 Å². The number of rotatable bonds is 3. The van der Waals surface area contributed by atoms with E-state index in [1.165, 1.54) is 21.8 Å². The highest BCUT2D eigenvalue weighted by molar-refractivity contribution is 6.84. The van der Waals surface area contributed by atoms with Gasteiger partial charge in [-0.2, -0.15) is 0 Å². The highest BCUT2D eigenvalue weighted by Crippen LogP contribution is 2.45. The van der Waals surface area contributed by atoms with Gasteiger partial charge in [-0.05, 0) is 77.4 Å². The maximum absolute atomic E-state index is 6.97. The minimum absolute atomic E-state index is 0.375. The molecule has 5 heterocycles. The molecule has 0 aliphatic carbocycles. The van der Waals surface area contributed by atoms with Gasteiger partial charge < -0.3 is 22.8 Å². The Hall–Kier alpha value is -7.96. The molecule has 0 saturated heterocycles. The van der Waals surface area contributed by atoms with Gasteiger partial charge in [0.05, 0.1) is 22.1 Å². The lowest BCUT2D eigenvalue weighted by atomic mass is 9.50. The second-order valence-corrected chi connectivity index (χ2v) is 15.9. The summed E-state index contributed by atoms with van der Waals surface area (Å²) < 4.78 is 29.5. The van der Waals surface area contributed by atoms with Gasteiger partial charge in [-0.25, -0.2) is 0 Å². The summed E-state index contributed by atoms with van der Waals surface area (Å²) in [4.78, 5) is 0. The molecule has 0 fully saturated rings. The molecule has 0 atom stereocenters. The van der Waals surface area contributed by atoms with E-state index in [1.54, 1.807) is 0 Å². The molecule has 60 heavy (non-hydrogen) atoms. The standard InChI is InChI=1S/C54H30BNO4/c1-6-19-43(56-44-20-7-2-13-35(44)36-14-3-8-21-45(36)56)33(12-1)32-28-41-38-16-5-10-23-47(38)60-55-42-29-31(24-26-48(42)57-50(30-32)52(41)55)34-17-11-18-40-51-49(59-53(34)40)27-25-39-37-15-4-9-22-46(37)58-54(39)51/h1-30H. The molecular weight excluding hydrogens is 737 g/mol. The van der Waals surface area contributed by atoms with Crippen LogP contribution in [0, 0.1) is 0 Å². The molecule has 0 saturated carbocycles. The van der Waals surface area contributed by atoms with E-state index in [9.17, 15) is 0 Å². The lowest BCUT2D eigenvalue weighted by Crippen LogP contribution is -2.53. The SMILES string of the molecule is c1ccc2c(c1)OB1c3cc(-c4cccc5c4oc4ccc6c7ccccc7oc6c45)ccc3Oc3cc(-c4ccccc4-n4c5ccccc5c5ccccc54)cc-2c31. The maximum atomic E-state index is 6.97. The van der Waals surface area contributed by atoms with Crippen molar-refractivity contribution in [3.05, 3.63) is 182 Å². The van der Waals surface area contributed by atoms with Crippen molar-refractivity contribution in [1.29, 1.82) is 0 Å². The van der Waals surface area contributed by atoms with E-state index in [-0.39, 0.29) is 6.92 Å². The first kappa shape index (κ1) is 32.1. The highest BCUT2D eigenvalue weighted by Gasteiger charge is 2.41. The summed E-state index contributed by atoms with van der Waals surface area (Å²) >= 11 is 0. The monoisotopic (exact) mass is 767 g/mol. The summed E-state index contributed by atoms with van der Waals surface area (Å²) in [6.45, 7) is -0.375. The highest BCUT2D eigenvalue weighted by atomic mass is 16.5. The summed E-state index contributed by atoms with van der Waals surface area (Å²) in [5, 5.41) is 6.66. The molecule has 2 aliphatic heterocycles. The topological polar surface area (TPSA) is 49.7 Å². The second kappa shape index (κ2) is 11.8. The molecule has 0 amide bonds. The van der Waals surface area contributed by atoms with Gasteiger partial charge in [-0.15, -0.1) is 0 Å². The molecule has 0 spiro atoms. The molecular formula is C54H30BNO4. The molecule has 6 heteroatoms. The number of benzene rings is 9. The Morgan fingerprint density at radius 3 is 1.97 bits per heavy atom. The quantitative estimate of drug-likeness (QED) is 0.168. The molecule has 9 aromatic carbocycles. The Morgan fingerprint density at radius 1 is 0.400 bits per heavy atom. The molecule has 0 radical (unpaired) electrons. The van der Waals surface area contributed by atoms with E-state index in [0.29, 0.717) is 0 Å². The number of aromatic nitrogens is 1. The molecule has 14 rings (SSSR count). The molecule has 2 aliphatic rings. The van der Waals surface area contributed by atoms with E-state index >= 15 is 0 Å². The van der Waals surface area contributed by atoms with Crippen LogP contribution in [0.1, 0.15) is 0 Å². The molecule has 0 unspecified atom stereocenters. The minimum atomic E-state index is -0.375. The molecule has 5 nitrogen and oxygen atoms in total. The van der Waals surface area contributed by atoms with Gasteiger partial charge in [-0.1, -0.05) is 121 Å². The van der Waals surface area contributed by atoms with Crippen LogP contribution in [0.25, 0.3) is 105 Å². The molecule has 0 bridgehead atoms.